The van der Waals surface area contributed by atoms with Crippen molar-refractivity contribution in [3.63, 3.8) is 0 Å². The first kappa shape index (κ1) is 19.5. The first-order chi connectivity index (χ1) is 11.7. The number of nitrogens with zero attached hydrogens (tertiary/aromatic N) is 1. The average Bonchev–Trinajstić information content (AvgIpc) is 2.54. The van der Waals surface area contributed by atoms with Crippen molar-refractivity contribution < 1.29 is 9.59 Å². The average molecular weight is 344 g/mol. The Labute approximate surface area is 152 Å². The fourth-order valence-corrected chi connectivity index (χ4v) is 3.13. The smallest absolute Gasteiger partial charge is 0.251 e. The van der Waals surface area contributed by atoms with Crippen LogP contribution < -0.4 is 5.32 Å². The fourth-order valence-electron chi connectivity index (χ4n) is 3.13. The Balaban J connectivity index is 1.83. The van der Waals surface area contributed by atoms with Gasteiger partial charge in [0.1, 0.15) is 0 Å². The minimum Gasteiger partial charge on any atom is -0.349 e. The van der Waals surface area contributed by atoms with E-state index < -0.39 is 0 Å². The van der Waals surface area contributed by atoms with Gasteiger partial charge >= 0.3 is 0 Å². The molecule has 25 heavy (non-hydrogen) atoms. The van der Waals surface area contributed by atoms with Gasteiger partial charge in [-0.05, 0) is 41.9 Å². The molecule has 2 amide bonds. The van der Waals surface area contributed by atoms with Crippen LogP contribution in [0.2, 0.25) is 0 Å². The zero-order chi connectivity index (χ0) is 18.6. The maximum absolute atomic E-state index is 12.4. The van der Waals surface area contributed by atoms with E-state index in [2.05, 4.69) is 39.9 Å². The van der Waals surface area contributed by atoms with E-state index in [1.807, 2.05) is 29.2 Å². The van der Waals surface area contributed by atoms with Gasteiger partial charge in [-0.15, -0.1) is 0 Å². The van der Waals surface area contributed by atoms with Crippen molar-refractivity contribution in [1.82, 2.24) is 10.2 Å². The maximum atomic E-state index is 12.4. The second-order valence-electron chi connectivity index (χ2n) is 8.64. The molecule has 1 fully saturated rings. The monoisotopic (exact) mass is 344 g/mol. The Bertz CT molecular complexity index is 591. The first-order valence-electron chi connectivity index (χ1n) is 9.34. The van der Waals surface area contributed by atoms with E-state index in [9.17, 15) is 9.59 Å². The lowest BCUT2D eigenvalue weighted by Crippen LogP contribution is -2.47. The van der Waals surface area contributed by atoms with Crippen molar-refractivity contribution in [2.75, 3.05) is 13.1 Å². The first-order valence-corrected chi connectivity index (χ1v) is 9.34. The molecule has 1 aliphatic heterocycles. The number of hydrogen-bond acceptors (Lipinski definition) is 2. The highest BCUT2D eigenvalue weighted by Crippen LogP contribution is 2.22. The third kappa shape index (κ3) is 5.87. The molecule has 2 rings (SSSR count). The number of benzene rings is 1. The minimum atomic E-state index is -0.0187. The Morgan fingerprint density at radius 2 is 1.68 bits per heavy atom. The zero-order valence-electron chi connectivity index (χ0n) is 16.3. The molecule has 0 saturated carbocycles. The van der Waals surface area contributed by atoms with Crippen molar-refractivity contribution in [2.45, 2.75) is 65.8 Å². The number of rotatable bonds is 4. The minimum absolute atomic E-state index is 0.0182. The Kier molecular flexibility index (Phi) is 6.26. The van der Waals surface area contributed by atoms with Gasteiger partial charge in [0, 0.05) is 31.1 Å². The lowest BCUT2D eigenvalue weighted by molar-refractivity contribution is -0.134. The third-order valence-electron chi connectivity index (χ3n) is 4.70. The fraction of sp³-hybridized carbons (Fsp3) is 0.619. The van der Waals surface area contributed by atoms with Crippen LogP contribution in [-0.4, -0.2) is 35.8 Å². The standard InChI is InChI=1S/C21H32N2O2/c1-15(2)16-6-8-17(9-7-16)20(25)22-18-10-12-23(13-11-18)19(24)14-21(3,4)5/h6-9,15,18H,10-14H2,1-5H3,(H,22,25). The summed E-state index contributed by atoms with van der Waals surface area (Å²) in [5, 5.41) is 3.11. The van der Waals surface area contributed by atoms with Gasteiger partial charge in [0.25, 0.3) is 5.91 Å². The Morgan fingerprint density at radius 1 is 1.12 bits per heavy atom. The molecule has 1 aromatic carbocycles. The number of carbonyl (C=O) groups is 2. The summed E-state index contributed by atoms with van der Waals surface area (Å²) in [4.78, 5) is 26.6. The molecule has 4 heteroatoms. The van der Waals surface area contributed by atoms with Crippen LogP contribution in [-0.2, 0) is 4.79 Å². The number of carbonyl (C=O) groups excluding carboxylic acids is 2. The molecule has 1 heterocycles. The van der Waals surface area contributed by atoms with Crippen LogP contribution in [0.5, 0.6) is 0 Å². The summed E-state index contributed by atoms with van der Waals surface area (Å²) in [5.74, 6) is 0.670. The molecule has 1 aromatic rings. The predicted molar refractivity (Wildman–Crippen MR) is 102 cm³/mol. The summed E-state index contributed by atoms with van der Waals surface area (Å²) in [5.41, 5.74) is 1.96. The van der Waals surface area contributed by atoms with Crippen LogP contribution >= 0.6 is 0 Å². The number of nitrogens with one attached hydrogen (secondary N) is 1. The molecule has 0 atom stereocenters. The van der Waals surface area contributed by atoms with Gasteiger partial charge in [-0.2, -0.15) is 0 Å². The summed E-state index contributed by atoms with van der Waals surface area (Å²) in [6.45, 7) is 12.0. The Hall–Kier alpha value is -1.84. The molecule has 138 valence electrons. The van der Waals surface area contributed by atoms with Crippen LogP contribution in [0.4, 0.5) is 0 Å². The van der Waals surface area contributed by atoms with Crippen LogP contribution in [0.3, 0.4) is 0 Å². The largest absolute Gasteiger partial charge is 0.349 e. The SMILES string of the molecule is CC(C)c1ccc(C(=O)NC2CCN(C(=O)CC(C)(C)C)CC2)cc1. The van der Waals surface area contributed by atoms with Crippen molar-refractivity contribution in [2.24, 2.45) is 5.41 Å². The van der Waals surface area contributed by atoms with E-state index >= 15 is 0 Å². The molecular formula is C21H32N2O2. The summed E-state index contributed by atoms with van der Waals surface area (Å²) >= 11 is 0. The molecule has 4 nitrogen and oxygen atoms in total. The lowest BCUT2D eigenvalue weighted by atomic mass is 9.91. The van der Waals surface area contributed by atoms with Crippen molar-refractivity contribution in [3.8, 4) is 0 Å². The van der Waals surface area contributed by atoms with E-state index in [0.29, 0.717) is 17.9 Å². The van der Waals surface area contributed by atoms with Crippen LogP contribution in [0.1, 0.15) is 75.7 Å². The number of hydrogen-bond donors (Lipinski definition) is 1. The lowest BCUT2D eigenvalue weighted by Gasteiger charge is -2.34. The van der Waals surface area contributed by atoms with Gasteiger partial charge in [-0.1, -0.05) is 46.8 Å². The molecule has 1 aliphatic rings. The number of likely N-dealkylation sites (tertiary alicyclic amines) is 1. The number of piperidine rings is 1. The van der Waals surface area contributed by atoms with E-state index in [1.165, 1.54) is 5.56 Å². The summed E-state index contributed by atoms with van der Waals surface area (Å²) < 4.78 is 0. The highest BCUT2D eigenvalue weighted by atomic mass is 16.2. The maximum Gasteiger partial charge on any atom is 0.251 e. The van der Waals surface area contributed by atoms with E-state index in [4.69, 9.17) is 0 Å². The highest BCUT2D eigenvalue weighted by Gasteiger charge is 2.26. The molecule has 0 aromatic heterocycles. The topological polar surface area (TPSA) is 49.4 Å². The Morgan fingerprint density at radius 3 is 2.16 bits per heavy atom. The third-order valence-corrected chi connectivity index (χ3v) is 4.70. The molecule has 0 aliphatic carbocycles. The van der Waals surface area contributed by atoms with Gasteiger partial charge in [0.2, 0.25) is 5.91 Å². The van der Waals surface area contributed by atoms with Crippen LogP contribution in [0.25, 0.3) is 0 Å². The highest BCUT2D eigenvalue weighted by molar-refractivity contribution is 5.94. The van der Waals surface area contributed by atoms with Crippen LogP contribution in [0, 0.1) is 5.41 Å². The van der Waals surface area contributed by atoms with Gasteiger partial charge in [0.15, 0.2) is 0 Å². The van der Waals surface area contributed by atoms with Gasteiger partial charge in [0.05, 0.1) is 0 Å². The van der Waals surface area contributed by atoms with E-state index in [0.717, 1.165) is 25.9 Å². The second-order valence-corrected chi connectivity index (χ2v) is 8.64. The van der Waals surface area contributed by atoms with Crippen molar-refractivity contribution in [1.29, 1.82) is 0 Å². The molecule has 0 bridgehead atoms. The zero-order valence-corrected chi connectivity index (χ0v) is 16.3. The molecule has 0 unspecified atom stereocenters. The molecular weight excluding hydrogens is 312 g/mol. The summed E-state index contributed by atoms with van der Waals surface area (Å²) in [6.07, 6.45) is 2.23. The van der Waals surface area contributed by atoms with E-state index in [1.54, 1.807) is 0 Å². The second kappa shape index (κ2) is 8.03. The number of amides is 2. The van der Waals surface area contributed by atoms with E-state index in [-0.39, 0.29) is 23.3 Å². The molecule has 1 saturated heterocycles. The van der Waals surface area contributed by atoms with Crippen LogP contribution in [0.15, 0.2) is 24.3 Å². The quantitative estimate of drug-likeness (QED) is 0.898. The normalized spacial score (nSPS) is 16.2. The van der Waals surface area contributed by atoms with Crippen molar-refractivity contribution in [3.05, 3.63) is 35.4 Å². The molecule has 0 radical (unpaired) electrons. The predicted octanol–water partition coefficient (Wildman–Crippen LogP) is 3.97. The summed E-state index contributed by atoms with van der Waals surface area (Å²) in [6, 6.07) is 7.98. The van der Waals surface area contributed by atoms with Crippen molar-refractivity contribution >= 4 is 11.8 Å². The van der Waals surface area contributed by atoms with Gasteiger partial charge in [-0.3, -0.25) is 9.59 Å². The van der Waals surface area contributed by atoms with Gasteiger partial charge in [-0.25, -0.2) is 0 Å². The van der Waals surface area contributed by atoms with Gasteiger partial charge < -0.3 is 10.2 Å². The molecule has 1 N–H and O–H groups in total. The summed E-state index contributed by atoms with van der Waals surface area (Å²) in [7, 11) is 0. The molecule has 0 spiro atoms.